The van der Waals surface area contributed by atoms with E-state index in [0.29, 0.717) is 24.0 Å². The Bertz CT molecular complexity index is 630. The van der Waals surface area contributed by atoms with Crippen molar-refractivity contribution in [2.75, 3.05) is 13.1 Å². The molecule has 25 heavy (non-hydrogen) atoms. The topological polar surface area (TPSA) is 54.7 Å². The molecule has 138 valence electrons. The number of carbonyl (C=O) groups excluding carboxylic acids is 1. The molecule has 0 aliphatic carbocycles. The molecule has 4 heterocycles. The van der Waals surface area contributed by atoms with Gasteiger partial charge in [0.15, 0.2) is 0 Å². The van der Waals surface area contributed by atoms with E-state index in [9.17, 15) is 4.79 Å². The highest BCUT2D eigenvalue weighted by molar-refractivity contribution is 5.75. The predicted octanol–water partition coefficient (Wildman–Crippen LogP) is 3.75. The summed E-state index contributed by atoms with van der Waals surface area (Å²) in [5.41, 5.74) is -0.115. The Balaban J connectivity index is 1.46. The molecule has 3 fully saturated rings. The van der Waals surface area contributed by atoms with Gasteiger partial charge in [-0.1, -0.05) is 27.7 Å². The number of aryl methyl sites for hydroxylation is 1. The predicted molar refractivity (Wildman–Crippen MR) is 95.3 cm³/mol. The molecule has 1 aromatic heterocycles. The van der Waals surface area contributed by atoms with E-state index in [1.54, 1.807) is 0 Å². The van der Waals surface area contributed by atoms with Gasteiger partial charge in [-0.15, -0.1) is 0 Å². The van der Waals surface area contributed by atoms with Crippen LogP contribution >= 0.6 is 0 Å². The van der Waals surface area contributed by atoms with E-state index in [1.807, 2.05) is 17.0 Å². The number of fused-ring (bicyclic) bond motifs is 5. The summed E-state index contributed by atoms with van der Waals surface area (Å²) in [4.78, 5) is 14.9. The second-order valence-electron chi connectivity index (χ2n) is 8.93. The minimum Gasteiger partial charge on any atom is -0.464 e. The highest BCUT2D eigenvalue weighted by Crippen LogP contribution is 2.47. The largest absolute Gasteiger partial charge is 0.464 e. The summed E-state index contributed by atoms with van der Waals surface area (Å²) < 4.78 is 12.0. The number of furan rings is 1. The van der Waals surface area contributed by atoms with Crippen LogP contribution in [-0.2, 0) is 11.2 Å². The van der Waals surface area contributed by atoms with Crippen molar-refractivity contribution >= 4 is 6.03 Å². The maximum Gasteiger partial charge on any atom is 0.318 e. The number of hydrogen-bond acceptors (Lipinski definition) is 3. The lowest BCUT2D eigenvalue weighted by atomic mass is 9.82. The van der Waals surface area contributed by atoms with Gasteiger partial charge in [0, 0.05) is 31.3 Å². The molecule has 0 radical (unpaired) electrons. The highest BCUT2D eigenvalue weighted by atomic mass is 16.5. The number of ether oxygens (including phenoxy) is 1. The number of urea groups is 1. The molecule has 2 amide bonds. The monoisotopic (exact) mass is 346 g/mol. The minimum absolute atomic E-state index is 0.0307. The molecule has 1 N–H and O–H groups in total. The van der Waals surface area contributed by atoms with Crippen LogP contribution in [-0.4, -0.2) is 36.2 Å². The Morgan fingerprint density at radius 3 is 2.40 bits per heavy atom. The van der Waals surface area contributed by atoms with Gasteiger partial charge in [0.05, 0.1) is 18.2 Å². The van der Waals surface area contributed by atoms with Crippen molar-refractivity contribution in [1.82, 2.24) is 10.2 Å². The van der Waals surface area contributed by atoms with Crippen LogP contribution < -0.4 is 5.32 Å². The summed E-state index contributed by atoms with van der Waals surface area (Å²) in [6, 6.07) is 3.91. The first kappa shape index (κ1) is 17.0. The Kier molecular flexibility index (Phi) is 4.10. The van der Waals surface area contributed by atoms with Gasteiger partial charge in [0.1, 0.15) is 11.5 Å². The van der Waals surface area contributed by atoms with Gasteiger partial charge in [-0.25, -0.2) is 4.79 Å². The fourth-order valence-electron chi connectivity index (χ4n) is 4.79. The number of nitrogens with zero attached hydrogens (tertiary/aromatic N) is 1. The molecule has 3 saturated heterocycles. The van der Waals surface area contributed by atoms with E-state index in [2.05, 4.69) is 33.0 Å². The molecule has 0 spiro atoms. The Labute approximate surface area is 150 Å². The average Bonchev–Trinajstić information content (AvgIpc) is 3.32. The molecule has 5 nitrogen and oxygen atoms in total. The molecular formula is C20H30N2O3. The second-order valence-corrected chi connectivity index (χ2v) is 8.93. The van der Waals surface area contributed by atoms with Crippen molar-refractivity contribution in [3.8, 4) is 0 Å². The first-order chi connectivity index (χ1) is 11.9. The van der Waals surface area contributed by atoms with Gasteiger partial charge < -0.3 is 19.4 Å². The summed E-state index contributed by atoms with van der Waals surface area (Å²) in [6.45, 7) is 10.1. The third-order valence-corrected chi connectivity index (χ3v) is 6.19. The Morgan fingerprint density at radius 2 is 1.88 bits per heavy atom. The van der Waals surface area contributed by atoms with Crippen molar-refractivity contribution < 1.29 is 13.9 Å². The van der Waals surface area contributed by atoms with Gasteiger partial charge in [-0.2, -0.15) is 0 Å². The van der Waals surface area contributed by atoms with Crippen molar-refractivity contribution in [2.45, 2.75) is 65.2 Å². The third kappa shape index (κ3) is 2.97. The summed E-state index contributed by atoms with van der Waals surface area (Å²) in [6.07, 6.45) is 3.95. The van der Waals surface area contributed by atoms with Gasteiger partial charge >= 0.3 is 6.03 Å². The third-order valence-electron chi connectivity index (χ3n) is 6.19. The summed E-state index contributed by atoms with van der Waals surface area (Å²) >= 11 is 0. The Morgan fingerprint density at radius 1 is 1.24 bits per heavy atom. The molecule has 3 aliphatic rings. The fraction of sp³-hybridized carbons (Fsp3) is 0.750. The van der Waals surface area contributed by atoms with Crippen LogP contribution in [0.4, 0.5) is 4.79 Å². The van der Waals surface area contributed by atoms with E-state index in [1.165, 1.54) is 0 Å². The number of nitrogens with one attached hydrogen (secondary N) is 1. The standard InChI is InChI=1S/C20H30N2O3/c1-5-12-6-7-17(24-12)18(20(2,3)4)21-19(23)22-10-13-14(11-22)16-9-8-15(13)25-16/h6-7,13-16,18H,5,8-11H2,1-4H3,(H,21,23)/t13-,14+,15-,16-,18+/m1/s1. The second kappa shape index (κ2) is 6.04. The van der Waals surface area contributed by atoms with E-state index < -0.39 is 0 Å². The summed E-state index contributed by atoms with van der Waals surface area (Å²) in [5, 5.41) is 3.24. The molecule has 3 aliphatic heterocycles. The molecule has 0 saturated carbocycles. The van der Waals surface area contributed by atoms with Crippen molar-refractivity contribution in [2.24, 2.45) is 17.3 Å². The van der Waals surface area contributed by atoms with Crippen LogP contribution in [0.15, 0.2) is 16.5 Å². The average molecular weight is 346 g/mol. The fourth-order valence-corrected chi connectivity index (χ4v) is 4.79. The zero-order chi connectivity index (χ0) is 17.8. The minimum atomic E-state index is -0.131. The van der Waals surface area contributed by atoms with Crippen LogP contribution in [0.3, 0.4) is 0 Å². The normalized spacial score (nSPS) is 32.1. The summed E-state index contributed by atoms with van der Waals surface area (Å²) in [5.74, 6) is 2.88. The lowest BCUT2D eigenvalue weighted by Gasteiger charge is -2.32. The SMILES string of the molecule is CCc1ccc([C@H](NC(=O)N2C[C@@H]3[C@H](C2)[C@H]2CC[C@H]3O2)C(C)(C)C)o1. The van der Waals surface area contributed by atoms with Crippen LogP contribution in [0.2, 0.25) is 0 Å². The highest BCUT2D eigenvalue weighted by Gasteiger charge is 2.54. The van der Waals surface area contributed by atoms with Crippen molar-refractivity contribution in [1.29, 1.82) is 0 Å². The molecule has 4 rings (SSSR count). The van der Waals surface area contributed by atoms with Crippen LogP contribution in [0.5, 0.6) is 0 Å². The summed E-state index contributed by atoms with van der Waals surface area (Å²) in [7, 11) is 0. The van der Waals surface area contributed by atoms with Gasteiger partial charge in [0.25, 0.3) is 0 Å². The number of likely N-dealkylation sites (tertiary alicyclic amines) is 1. The zero-order valence-corrected chi connectivity index (χ0v) is 15.7. The first-order valence-corrected chi connectivity index (χ1v) is 9.66. The van der Waals surface area contributed by atoms with Gasteiger partial charge in [-0.3, -0.25) is 0 Å². The van der Waals surface area contributed by atoms with Crippen LogP contribution in [0, 0.1) is 17.3 Å². The van der Waals surface area contributed by atoms with Gasteiger partial charge in [-0.05, 0) is 30.4 Å². The zero-order valence-electron chi connectivity index (χ0n) is 15.7. The molecular weight excluding hydrogens is 316 g/mol. The van der Waals surface area contributed by atoms with Crippen LogP contribution in [0.25, 0.3) is 0 Å². The first-order valence-electron chi connectivity index (χ1n) is 9.66. The van der Waals surface area contributed by atoms with Crippen LogP contribution in [0.1, 0.15) is 58.1 Å². The number of rotatable bonds is 3. The molecule has 2 bridgehead atoms. The smallest absolute Gasteiger partial charge is 0.318 e. The lowest BCUT2D eigenvalue weighted by molar-refractivity contribution is 0.0731. The molecule has 5 atom stereocenters. The van der Waals surface area contributed by atoms with E-state index >= 15 is 0 Å². The molecule has 1 aromatic rings. The van der Waals surface area contributed by atoms with Crippen molar-refractivity contribution in [3.63, 3.8) is 0 Å². The van der Waals surface area contributed by atoms with Crippen molar-refractivity contribution in [3.05, 3.63) is 23.7 Å². The maximum absolute atomic E-state index is 12.9. The Hall–Kier alpha value is -1.49. The number of carbonyl (C=O) groups is 1. The van der Waals surface area contributed by atoms with E-state index in [-0.39, 0.29) is 17.5 Å². The molecule has 0 aromatic carbocycles. The van der Waals surface area contributed by atoms with E-state index in [4.69, 9.17) is 9.15 Å². The maximum atomic E-state index is 12.9. The molecule has 5 heteroatoms. The van der Waals surface area contributed by atoms with Gasteiger partial charge in [0.2, 0.25) is 0 Å². The number of hydrogen-bond donors (Lipinski definition) is 1. The quantitative estimate of drug-likeness (QED) is 0.907. The molecule has 0 unspecified atom stereocenters. The lowest BCUT2D eigenvalue weighted by Crippen LogP contribution is -2.44. The van der Waals surface area contributed by atoms with E-state index in [0.717, 1.165) is 43.9 Å². The number of amides is 2.